The van der Waals surface area contributed by atoms with Gasteiger partial charge in [0.1, 0.15) is 5.75 Å². The average Bonchev–Trinajstić information content (AvgIpc) is 2.68. The molecule has 2 aromatic rings. The van der Waals surface area contributed by atoms with E-state index in [0.29, 0.717) is 32.1 Å². The topological polar surface area (TPSA) is 51.1 Å². The number of nitrogens with zero attached hydrogens (tertiary/aromatic N) is 2. The zero-order valence-corrected chi connectivity index (χ0v) is 17.2. The molecule has 1 aliphatic heterocycles. The third kappa shape index (κ3) is 5.40. The summed E-state index contributed by atoms with van der Waals surface area (Å²) < 4.78 is 11.7. The van der Waals surface area contributed by atoms with Crippen LogP contribution in [-0.2, 0) is 9.53 Å². The number of hydrogen-bond donors (Lipinski definition) is 0. The summed E-state index contributed by atoms with van der Waals surface area (Å²) in [5.74, 6) is 0.616. The van der Waals surface area contributed by atoms with E-state index >= 15 is 0 Å². The predicted molar refractivity (Wildman–Crippen MR) is 110 cm³/mol. The highest BCUT2D eigenvalue weighted by Crippen LogP contribution is 2.26. The molecule has 1 amide bonds. The number of halogens is 1. The fraction of sp³-hybridized carbons (Fsp3) is 0.333. The Balaban J connectivity index is 1.60. The van der Waals surface area contributed by atoms with E-state index in [1.807, 2.05) is 30.5 Å². The van der Waals surface area contributed by atoms with Crippen molar-refractivity contribution in [2.24, 2.45) is 4.99 Å². The number of carbonyl (C=O) groups is 1. The number of carbonyl (C=O) groups excluding carboxylic acids is 1. The van der Waals surface area contributed by atoms with Crippen molar-refractivity contribution in [3.8, 4) is 5.75 Å². The molecule has 1 saturated heterocycles. The van der Waals surface area contributed by atoms with Crippen LogP contribution in [0, 0.1) is 13.8 Å². The normalized spacial score (nSPS) is 14.6. The Bertz CT molecular complexity index is 845. The molecule has 0 unspecified atom stereocenters. The Labute approximate surface area is 168 Å². The van der Waals surface area contributed by atoms with E-state index < -0.39 is 0 Å². The number of morpholine rings is 1. The molecule has 1 aliphatic rings. The minimum absolute atomic E-state index is 0.0225. The molecular formula is C21H23BrN2O3. The summed E-state index contributed by atoms with van der Waals surface area (Å²) in [5.41, 5.74) is 4.35. The lowest BCUT2D eigenvalue weighted by molar-refractivity contribution is -0.137. The highest BCUT2D eigenvalue weighted by Gasteiger charge is 2.17. The second kappa shape index (κ2) is 9.15. The SMILES string of the molecule is Cc1ccc(N=Cc2ccc(OCC(=O)N3CCOCC3)c(Br)c2)cc1C. The summed E-state index contributed by atoms with van der Waals surface area (Å²) in [4.78, 5) is 18.5. The van der Waals surface area contributed by atoms with Crippen molar-refractivity contribution in [3.05, 3.63) is 57.6 Å². The van der Waals surface area contributed by atoms with E-state index in [2.05, 4.69) is 46.9 Å². The summed E-state index contributed by atoms with van der Waals surface area (Å²) in [6.07, 6.45) is 1.82. The van der Waals surface area contributed by atoms with Crippen molar-refractivity contribution in [2.75, 3.05) is 32.9 Å². The molecule has 1 heterocycles. The van der Waals surface area contributed by atoms with E-state index in [0.717, 1.165) is 15.7 Å². The van der Waals surface area contributed by atoms with Crippen LogP contribution < -0.4 is 4.74 Å². The number of rotatable bonds is 5. The van der Waals surface area contributed by atoms with Crippen LogP contribution in [-0.4, -0.2) is 49.9 Å². The van der Waals surface area contributed by atoms with E-state index in [1.165, 1.54) is 11.1 Å². The Morgan fingerprint density at radius 1 is 1.19 bits per heavy atom. The van der Waals surface area contributed by atoms with Gasteiger partial charge < -0.3 is 14.4 Å². The number of ether oxygens (including phenoxy) is 2. The number of hydrogen-bond acceptors (Lipinski definition) is 4. The van der Waals surface area contributed by atoms with Crippen molar-refractivity contribution in [3.63, 3.8) is 0 Å². The molecule has 0 N–H and O–H groups in total. The minimum atomic E-state index is -0.0226. The second-order valence-electron chi connectivity index (χ2n) is 6.50. The van der Waals surface area contributed by atoms with Gasteiger partial charge in [-0.2, -0.15) is 0 Å². The van der Waals surface area contributed by atoms with Gasteiger partial charge in [-0.1, -0.05) is 6.07 Å². The first kappa shape index (κ1) is 19.6. The highest BCUT2D eigenvalue weighted by atomic mass is 79.9. The Morgan fingerprint density at radius 2 is 1.96 bits per heavy atom. The van der Waals surface area contributed by atoms with Crippen LogP contribution in [0.4, 0.5) is 5.69 Å². The highest BCUT2D eigenvalue weighted by molar-refractivity contribution is 9.10. The first-order valence-electron chi connectivity index (χ1n) is 8.92. The van der Waals surface area contributed by atoms with Crippen molar-refractivity contribution in [2.45, 2.75) is 13.8 Å². The van der Waals surface area contributed by atoms with Gasteiger partial charge in [-0.25, -0.2) is 0 Å². The maximum absolute atomic E-state index is 12.2. The van der Waals surface area contributed by atoms with Crippen LogP contribution in [0.2, 0.25) is 0 Å². The zero-order chi connectivity index (χ0) is 19.2. The third-order valence-electron chi connectivity index (χ3n) is 4.52. The maximum atomic E-state index is 12.2. The summed E-state index contributed by atoms with van der Waals surface area (Å²) in [7, 11) is 0. The lowest BCUT2D eigenvalue weighted by Crippen LogP contribution is -2.43. The smallest absolute Gasteiger partial charge is 0.260 e. The van der Waals surface area contributed by atoms with Crippen molar-refractivity contribution in [1.29, 1.82) is 0 Å². The van der Waals surface area contributed by atoms with Crippen LogP contribution in [0.3, 0.4) is 0 Å². The van der Waals surface area contributed by atoms with E-state index in [4.69, 9.17) is 9.47 Å². The lowest BCUT2D eigenvalue weighted by Gasteiger charge is -2.26. The quantitative estimate of drug-likeness (QED) is 0.672. The molecule has 0 atom stereocenters. The summed E-state index contributed by atoms with van der Waals surface area (Å²) in [6.45, 7) is 6.61. The molecule has 1 fully saturated rings. The molecule has 5 nitrogen and oxygen atoms in total. The maximum Gasteiger partial charge on any atom is 0.260 e. The molecule has 6 heteroatoms. The predicted octanol–water partition coefficient (Wildman–Crippen LogP) is 4.05. The van der Waals surface area contributed by atoms with Crippen LogP contribution in [0.25, 0.3) is 0 Å². The van der Waals surface area contributed by atoms with Gasteiger partial charge in [0.05, 0.1) is 23.4 Å². The molecule has 27 heavy (non-hydrogen) atoms. The first-order valence-corrected chi connectivity index (χ1v) is 9.71. The molecule has 0 aliphatic carbocycles. The first-order chi connectivity index (χ1) is 13.0. The van der Waals surface area contributed by atoms with Gasteiger partial charge in [0, 0.05) is 19.3 Å². The molecule has 0 bridgehead atoms. The number of aryl methyl sites for hydroxylation is 2. The molecule has 2 aromatic carbocycles. The van der Waals surface area contributed by atoms with E-state index in [9.17, 15) is 4.79 Å². The van der Waals surface area contributed by atoms with Crippen LogP contribution in [0.1, 0.15) is 16.7 Å². The Kier molecular flexibility index (Phi) is 6.63. The van der Waals surface area contributed by atoms with Gasteiger partial charge in [0.15, 0.2) is 6.61 Å². The average molecular weight is 431 g/mol. The number of aliphatic imine (C=N–C) groups is 1. The lowest BCUT2D eigenvalue weighted by atomic mass is 10.1. The molecule has 0 spiro atoms. The molecule has 0 saturated carbocycles. The summed E-state index contributed by atoms with van der Waals surface area (Å²) in [6, 6.07) is 11.8. The summed E-state index contributed by atoms with van der Waals surface area (Å²) >= 11 is 3.51. The van der Waals surface area contributed by atoms with E-state index in [-0.39, 0.29) is 12.5 Å². The standard InChI is InChI=1S/C21H23BrN2O3/c1-15-3-5-18(11-16(15)2)23-13-17-4-6-20(19(22)12-17)27-14-21(25)24-7-9-26-10-8-24/h3-6,11-13H,7-10,14H2,1-2H3. The van der Waals surface area contributed by atoms with Gasteiger partial charge in [0.25, 0.3) is 5.91 Å². The van der Waals surface area contributed by atoms with Crippen molar-refractivity contribution < 1.29 is 14.3 Å². The largest absolute Gasteiger partial charge is 0.483 e. The molecule has 142 valence electrons. The molecule has 0 radical (unpaired) electrons. The van der Waals surface area contributed by atoms with Gasteiger partial charge >= 0.3 is 0 Å². The molecule has 0 aromatic heterocycles. The fourth-order valence-electron chi connectivity index (χ4n) is 2.71. The van der Waals surface area contributed by atoms with Gasteiger partial charge in [-0.15, -0.1) is 0 Å². The van der Waals surface area contributed by atoms with Crippen LogP contribution in [0.5, 0.6) is 5.75 Å². The van der Waals surface area contributed by atoms with Gasteiger partial charge in [-0.3, -0.25) is 9.79 Å². The van der Waals surface area contributed by atoms with Crippen molar-refractivity contribution in [1.82, 2.24) is 4.90 Å². The summed E-state index contributed by atoms with van der Waals surface area (Å²) in [5, 5.41) is 0. The van der Waals surface area contributed by atoms with Gasteiger partial charge in [-0.05, 0) is 76.8 Å². The molecular weight excluding hydrogens is 408 g/mol. The van der Waals surface area contributed by atoms with E-state index in [1.54, 1.807) is 4.90 Å². The monoisotopic (exact) mass is 430 g/mol. The second-order valence-corrected chi connectivity index (χ2v) is 7.35. The fourth-order valence-corrected chi connectivity index (χ4v) is 3.22. The Hall–Kier alpha value is -2.18. The number of amides is 1. The number of benzene rings is 2. The minimum Gasteiger partial charge on any atom is -0.483 e. The Morgan fingerprint density at radius 3 is 2.67 bits per heavy atom. The van der Waals surface area contributed by atoms with Crippen LogP contribution in [0.15, 0.2) is 45.9 Å². The zero-order valence-electron chi connectivity index (χ0n) is 15.6. The van der Waals surface area contributed by atoms with Gasteiger partial charge in [0.2, 0.25) is 0 Å². The van der Waals surface area contributed by atoms with Crippen LogP contribution >= 0.6 is 15.9 Å². The third-order valence-corrected chi connectivity index (χ3v) is 5.14. The van der Waals surface area contributed by atoms with Crippen molar-refractivity contribution >= 4 is 33.7 Å². The molecule has 3 rings (SSSR count).